The zero-order chi connectivity index (χ0) is 12.6. The van der Waals surface area contributed by atoms with E-state index in [1.807, 2.05) is 0 Å². The van der Waals surface area contributed by atoms with E-state index in [1.165, 1.54) is 12.1 Å². The Labute approximate surface area is 97.7 Å². The minimum atomic E-state index is -3.84. The summed E-state index contributed by atoms with van der Waals surface area (Å²) in [5, 5.41) is 0. The molecule has 6 heteroatoms. The van der Waals surface area contributed by atoms with E-state index >= 15 is 0 Å². The second kappa shape index (κ2) is 4.30. The average molecular weight is 269 g/mol. The molecule has 2 nitrogen and oxygen atoms in total. The van der Waals surface area contributed by atoms with Gasteiger partial charge in [-0.2, -0.15) is 0 Å². The summed E-state index contributed by atoms with van der Waals surface area (Å²) in [6, 6.07) is 3.75. The first-order valence-electron chi connectivity index (χ1n) is 4.50. The van der Waals surface area contributed by atoms with Crippen molar-refractivity contribution in [2.45, 2.75) is 25.3 Å². The van der Waals surface area contributed by atoms with Crippen LogP contribution in [0.4, 0.5) is 8.78 Å². The van der Waals surface area contributed by atoms with Gasteiger partial charge in [0.1, 0.15) is 11.5 Å². The number of halogens is 3. The molecule has 1 aromatic rings. The number of alkyl halides is 1. The monoisotopic (exact) mass is 268 g/mol. The SMILES string of the molecule is CC(C)(F)c1c(F)cccc1CS(=O)(=O)Cl. The molecule has 0 saturated carbocycles. The van der Waals surface area contributed by atoms with Crippen LogP contribution in [0.5, 0.6) is 0 Å². The minimum Gasteiger partial charge on any atom is -0.239 e. The van der Waals surface area contributed by atoms with Crippen LogP contribution in [0.3, 0.4) is 0 Å². The normalized spacial score (nSPS) is 12.8. The van der Waals surface area contributed by atoms with Crippen molar-refractivity contribution < 1.29 is 17.2 Å². The fraction of sp³-hybridized carbons (Fsp3) is 0.400. The highest BCUT2D eigenvalue weighted by Gasteiger charge is 2.27. The van der Waals surface area contributed by atoms with Crippen molar-refractivity contribution in [2.75, 3.05) is 0 Å². The van der Waals surface area contributed by atoms with Crippen LogP contribution in [-0.2, 0) is 20.5 Å². The van der Waals surface area contributed by atoms with E-state index in [0.717, 1.165) is 19.9 Å². The van der Waals surface area contributed by atoms with Gasteiger partial charge in [-0.05, 0) is 25.5 Å². The van der Waals surface area contributed by atoms with Crippen molar-refractivity contribution in [1.29, 1.82) is 0 Å². The lowest BCUT2D eigenvalue weighted by molar-refractivity contribution is 0.212. The Morgan fingerprint density at radius 1 is 1.38 bits per heavy atom. The molecule has 0 unspecified atom stereocenters. The standard InChI is InChI=1S/C10H11ClF2O2S/c1-10(2,13)9-7(6-16(11,14)15)4-3-5-8(9)12/h3-5H,6H2,1-2H3. The molecule has 90 valence electrons. The summed E-state index contributed by atoms with van der Waals surface area (Å²) in [4.78, 5) is 0. The second-order valence-corrected chi connectivity index (χ2v) is 6.71. The lowest BCUT2D eigenvalue weighted by Crippen LogP contribution is -2.16. The lowest BCUT2D eigenvalue weighted by atomic mass is 9.95. The highest BCUT2D eigenvalue weighted by molar-refractivity contribution is 8.13. The highest BCUT2D eigenvalue weighted by atomic mass is 35.7. The van der Waals surface area contributed by atoms with Gasteiger partial charge in [0.2, 0.25) is 9.05 Å². The van der Waals surface area contributed by atoms with E-state index in [-0.39, 0.29) is 11.1 Å². The van der Waals surface area contributed by atoms with Gasteiger partial charge in [-0.1, -0.05) is 12.1 Å². The van der Waals surface area contributed by atoms with E-state index in [9.17, 15) is 17.2 Å². The third kappa shape index (κ3) is 3.42. The molecule has 0 aromatic heterocycles. The van der Waals surface area contributed by atoms with Crippen LogP contribution in [0.15, 0.2) is 18.2 Å². The molecule has 0 bridgehead atoms. The molecule has 0 aliphatic rings. The summed E-state index contributed by atoms with van der Waals surface area (Å²) in [5.74, 6) is -1.36. The summed E-state index contributed by atoms with van der Waals surface area (Å²) < 4.78 is 49.0. The third-order valence-electron chi connectivity index (χ3n) is 2.02. The van der Waals surface area contributed by atoms with E-state index in [2.05, 4.69) is 0 Å². The quantitative estimate of drug-likeness (QED) is 0.790. The Morgan fingerprint density at radius 2 is 1.94 bits per heavy atom. The van der Waals surface area contributed by atoms with Crippen molar-refractivity contribution in [3.05, 3.63) is 35.1 Å². The van der Waals surface area contributed by atoms with Gasteiger partial charge in [0, 0.05) is 16.2 Å². The molecule has 1 aromatic carbocycles. The maximum Gasteiger partial charge on any atom is 0.236 e. The van der Waals surface area contributed by atoms with Crippen LogP contribution in [0.25, 0.3) is 0 Å². The highest BCUT2D eigenvalue weighted by Crippen LogP contribution is 2.31. The van der Waals surface area contributed by atoms with E-state index in [1.54, 1.807) is 0 Å². The van der Waals surface area contributed by atoms with Crippen LogP contribution < -0.4 is 0 Å². The fourth-order valence-electron chi connectivity index (χ4n) is 1.54. The maximum absolute atomic E-state index is 13.7. The van der Waals surface area contributed by atoms with Crippen molar-refractivity contribution in [3.8, 4) is 0 Å². The molecule has 0 spiro atoms. The molecule has 16 heavy (non-hydrogen) atoms. The molecule has 0 saturated heterocycles. The number of hydrogen-bond donors (Lipinski definition) is 0. The van der Waals surface area contributed by atoms with Crippen molar-refractivity contribution in [3.63, 3.8) is 0 Å². The fourth-order valence-corrected chi connectivity index (χ4v) is 2.51. The number of benzene rings is 1. The van der Waals surface area contributed by atoms with Gasteiger partial charge in [0.15, 0.2) is 0 Å². The first-order valence-corrected chi connectivity index (χ1v) is 6.98. The summed E-state index contributed by atoms with van der Waals surface area (Å²) in [6.07, 6.45) is 0. The second-order valence-electron chi connectivity index (χ2n) is 3.93. The molecule has 0 N–H and O–H groups in total. The van der Waals surface area contributed by atoms with Gasteiger partial charge in [0.25, 0.3) is 0 Å². The van der Waals surface area contributed by atoms with Gasteiger partial charge in [-0.3, -0.25) is 0 Å². The zero-order valence-corrected chi connectivity index (χ0v) is 10.4. The Morgan fingerprint density at radius 3 is 2.38 bits per heavy atom. The van der Waals surface area contributed by atoms with Crippen molar-refractivity contribution in [1.82, 2.24) is 0 Å². The molecular weight excluding hydrogens is 258 g/mol. The van der Waals surface area contributed by atoms with Crippen molar-refractivity contribution in [2.24, 2.45) is 0 Å². The number of rotatable bonds is 3. The van der Waals surface area contributed by atoms with E-state index in [0.29, 0.717) is 0 Å². The molecule has 1 rings (SSSR count). The molecule has 0 amide bonds. The molecule has 0 atom stereocenters. The molecule has 0 heterocycles. The third-order valence-corrected chi connectivity index (χ3v) is 3.01. The van der Waals surface area contributed by atoms with E-state index < -0.39 is 26.3 Å². The summed E-state index contributed by atoms with van der Waals surface area (Å²) >= 11 is 0. The molecule has 0 aliphatic heterocycles. The summed E-state index contributed by atoms with van der Waals surface area (Å²) in [6.45, 7) is 2.32. The van der Waals surface area contributed by atoms with Gasteiger partial charge >= 0.3 is 0 Å². The van der Waals surface area contributed by atoms with Gasteiger partial charge < -0.3 is 0 Å². The Bertz CT molecular complexity index is 492. The predicted molar refractivity (Wildman–Crippen MR) is 59.0 cm³/mol. The average Bonchev–Trinajstić information content (AvgIpc) is 1.97. The van der Waals surface area contributed by atoms with E-state index in [4.69, 9.17) is 10.7 Å². The zero-order valence-electron chi connectivity index (χ0n) is 8.80. The molecule has 0 aliphatic carbocycles. The van der Waals surface area contributed by atoms with Gasteiger partial charge in [0.05, 0.1) is 5.75 Å². The largest absolute Gasteiger partial charge is 0.239 e. The summed E-state index contributed by atoms with van der Waals surface area (Å²) in [5.41, 5.74) is -2.18. The number of hydrogen-bond acceptors (Lipinski definition) is 2. The van der Waals surface area contributed by atoms with Gasteiger partial charge in [-0.15, -0.1) is 0 Å². The predicted octanol–water partition coefficient (Wildman–Crippen LogP) is 3.10. The lowest BCUT2D eigenvalue weighted by Gasteiger charge is -2.19. The smallest absolute Gasteiger partial charge is 0.236 e. The van der Waals surface area contributed by atoms with Crippen LogP contribution in [-0.4, -0.2) is 8.42 Å². The first-order chi connectivity index (χ1) is 7.11. The maximum atomic E-state index is 13.7. The topological polar surface area (TPSA) is 34.1 Å². The molecular formula is C10H11ClF2O2S. The van der Waals surface area contributed by atoms with Gasteiger partial charge in [-0.25, -0.2) is 17.2 Å². The van der Waals surface area contributed by atoms with Crippen LogP contribution >= 0.6 is 10.7 Å². The Kier molecular flexibility index (Phi) is 3.59. The van der Waals surface area contributed by atoms with Crippen LogP contribution in [0, 0.1) is 5.82 Å². The first kappa shape index (κ1) is 13.4. The van der Waals surface area contributed by atoms with Crippen molar-refractivity contribution >= 4 is 19.7 Å². The Hall–Kier alpha value is -0.680. The van der Waals surface area contributed by atoms with Crippen LogP contribution in [0.2, 0.25) is 0 Å². The Balaban J connectivity index is 3.35. The molecule has 0 fully saturated rings. The summed E-state index contributed by atoms with van der Waals surface area (Å²) in [7, 11) is 1.23. The molecule has 0 radical (unpaired) electrons. The minimum absolute atomic E-state index is 0.0440. The van der Waals surface area contributed by atoms with Crippen LogP contribution in [0.1, 0.15) is 25.0 Å².